The summed E-state index contributed by atoms with van der Waals surface area (Å²) in [5.41, 5.74) is -0.658. The molecule has 18 heavy (non-hydrogen) atoms. The molecule has 0 saturated carbocycles. The summed E-state index contributed by atoms with van der Waals surface area (Å²) in [6.45, 7) is 1.79. The van der Waals surface area contributed by atoms with Gasteiger partial charge in [0.25, 0.3) is 5.91 Å². The first-order valence-electron chi connectivity index (χ1n) is 5.47. The van der Waals surface area contributed by atoms with Crippen LogP contribution in [0.4, 0.5) is 0 Å². The van der Waals surface area contributed by atoms with E-state index < -0.39 is 15.4 Å². The molecule has 1 atom stereocenters. The summed E-state index contributed by atoms with van der Waals surface area (Å²) in [4.78, 5) is 13.6. The van der Waals surface area contributed by atoms with E-state index in [0.29, 0.717) is 11.1 Å². The summed E-state index contributed by atoms with van der Waals surface area (Å²) in [7, 11) is -1.43. The Morgan fingerprint density at radius 3 is 2.61 bits per heavy atom. The molecule has 1 aliphatic heterocycles. The standard InChI is InChI=1S/C11H14BrNO4S/c1-11(5-6-18(15,16)7-11)13(2)10(14)8-3-4-9(12)17-8/h3-4H,5-7H2,1-2H3/t11-/m1/s1. The number of amides is 1. The third-order valence-corrected chi connectivity index (χ3v) is 5.69. The fourth-order valence-electron chi connectivity index (χ4n) is 2.10. The summed E-state index contributed by atoms with van der Waals surface area (Å²) >= 11 is 3.13. The molecular formula is C11H14BrNO4S. The lowest BCUT2D eigenvalue weighted by molar-refractivity contribution is 0.0604. The molecule has 1 fully saturated rings. The fourth-order valence-corrected chi connectivity index (χ4v) is 4.58. The van der Waals surface area contributed by atoms with Crippen LogP contribution in [0.5, 0.6) is 0 Å². The van der Waals surface area contributed by atoms with Crippen molar-refractivity contribution in [1.29, 1.82) is 0 Å². The van der Waals surface area contributed by atoms with Crippen LogP contribution in [0.15, 0.2) is 21.2 Å². The van der Waals surface area contributed by atoms with Crippen LogP contribution in [0.1, 0.15) is 23.9 Å². The zero-order valence-corrected chi connectivity index (χ0v) is 12.5. The van der Waals surface area contributed by atoms with E-state index >= 15 is 0 Å². The maximum Gasteiger partial charge on any atom is 0.289 e. The van der Waals surface area contributed by atoms with Gasteiger partial charge in [-0.3, -0.25) is 4.79 Å². The average molecular weight is 336 g/mol. The van der Waals surface area contributed by atoms with Crippen molar-refractivity contribution in [2.75, 3.05) is 18.6 Å². The van der Waals surface area contributed by atoms with Gasteiger partial charge in [0.1, 0.15) is 0 Å². The van der Waals surface area contributed by atoms with Crippen molar-refractivity contribution in [3.05, 3.63) is 22.6 Å². The zero-order chi connectivity index (χ0) is 13.6. The van der Waals surface area contributed by atoms with Crippen LogP contribution in [0.3, 0.4) is 0 Å². The van der Waals surface area contributed by atoms with E-state index in [2.05, 4.69) is 15.9 Å². The van der Waals surface area contributed by atoms with E-state index in [9.17, 15) is 13.2 Å². The van der Waals surface area contributed by atoms with Gasteiger partial charge in [-0.2, -0.15) is 0 Å². The van der Waals surface area contributed by atoms with E-state index in [1.807, 2.05) is 0 Å². The Kier molecular flexibility index (Phi) is 3.31. The smallest absolute Gasteiger partial charge is 0.289 e. The number of hydrogen-bond donors (Lipinski definition) is 0. The molecule has 5 nitrogen and oxygen atoms in total. The molecule has 0 radical (unpaired) electrons. The van der Waals surface area contributed by atoms with Gasteiger partial charge in [-0.25, -0.2) is 8.42 Å². The van der Waals surface area contributed by atoms with Crippen molar-refractivity contribution in [2.24, 2.45) is 0 Å². The highest BCUT2D eigenvalue weighted by molar-refractivity contribution is 9.10. The first kappa shape index (κ1) is 13.6. The highest BCUT2D eigenvalue weighted by Crippen LogP contribution is 2.30. The Morgan fingerprint density at radius 2 is 2.17 bits per heavy atom. The van der Waals surface area contributed by atoms with Crippen LogP contribution in [-0.4, -0.2) is 43.3 Å². The van der Waals surface area contributed by atoms with Crippen LogP contribution in [0.2, 0.25) is 0 Å². The Balaban J connectivity index is 2.22. The third kappa shape index (κ3) is 2.47. The van der Waals surface area contributed by atoms with Gasteiger partial charge in [-0.05, 0) is 41.4 Å². The zero-order valence-electron chi connectivity index (χ0n) is 10.1. The van der Waals surface area contributed by atoms with Gasteiger partial charge in [0.2, 0.25) is 0 Å². The Labute approximate surface area is 114 Å². The molecule has 2 heterocycles. The molecule has 0 aliphatic carbocycles. The molecule has 100 valence electrons. The molecule has 1 aromatic rings. The predicted octanol–water partition coefficient (Wildman–Crippen LogP) is 1.69. The molecule has 0 N–H and O–H groups in total. The maximum absolute atomic E-state index is 12.2. The lowest BCUT2D eigenvalue weighted by Crippen LogP contribution is -2.48. The second-order valence-electron chi connectivity index (χ2n) is 4.81. The lowest BCUT2D eigenvalue weighted by atomic mass is 10.00. The molecule has 0 unspecified atom stereocenters. The average Bonchev–Trinajstić information content (AvgIpc) is 2.81. The lowest BCUT2D eigenvalue weighted by Gasteiger charge is -2.33. The Bertz CT molecular complexity index is 580. The quantitative estimate of drug-likeness (QED) is 0.824. The van der Waals surface area contributed by atoms with E-state index in [4.69, 9.17) is 4.42 Å². The topological polar surface area (TPSA) is 67.6 Å². The maximum atomic E-state index is 12.2. The van der Waals surface area contributed by atoms with Crippen LogP contribution < -0.4 is 0 Å². The SMILES string of the molecule is CN(C(=O)c1ccc(Br)o1)[C@]1(C)CCS(=O)(=O)C1. The van der Waals surface area contributed by atoms with Gasteiger partial charge >= 0.3 is 0 Å². The van der Waals surface area contributed by atoms with Crippen LogP contribution in [0.25, 0.3) is 0 Å². The third-order valence-electron chi connectivity index (χ3n) is 3.38. The number of carbonyl (C=O) groups excluding carboxylic acids is 1. The molecule has 2 rings (SSSR count). The molecule has 1 saturated heterocycles. The van der Waals surface area contributed by atoms with Crippen molar-refractivity contribution < 1.29 is 17.6 Å². The highest BCUT2D eigenvalue weighted by Gasteiger charge is 2.43. The van der Waals surface area contributed by atoms with Gasteiger partial charge in [-0.1, -0.05) is 0 Å². The minimum absolute atomic E-state index is 0.00409. The molecule has 1 aromatic heterocycles. The summed E-state index contributed by atoms with van der Waals surface area (Å²) in [5, 5.41) is 0. The van der Waals surface area contributed by atoms with Crippen LogP contribution >= 0.6 is 15.9 Å². The second kappa shape index (κ2) is 4.38. The monoisotopic (exact) mass is 335 g/mol. The first-order valence-corrected chi connectivity index (χ1v) is 8.09. The molecule has 1 aliphatic rings. The summed E-state index contributed by atoms with van der Waals surface area (Å²) in [5.74, 6) is 0.0304. The van der Waals surface area contributed by atoms with E-state index in [1.54, 1.807) is 26.1 Å². The van der Waals surface area contributed by atoms with Gasteiger partial charge in [0.05, 0.1) is 17.0 Å². The number of sulfone groups is 1. The summed E-state index contributed by atoms with van der Waals surface area (Å²) < 4.78 is 28.8. The molecule has 0 spiro atoms. The molecule has 1 amide bonds. The number of hydrogen-bond acceptors (Lipinski definition) is 4. The Hall–Kier alpha value is -0.820. The Morgan fingerprint density at radius 1 is 1.50 bits per heavy atom. The summed E-state index contributed by atoms with van der Waals surface area (Å²) in [6, 6.07) is 3.20. The van der Waals surface area contributed by atoms with Crippen LogP contribution in [-0.2, 0) is 9.84 Å². The predicted molar refractivity (Wildman–Crippen MR) is 70.2 cm³/mol. The van der Waals surface area contributed by atoms with Crippen molar-refractivity contribution >= 4 is 31.7 Å². The van der Waals surface area contributed by atoms with Crippen LogP contribution in [0, 0.1) is 0 Å². The van der Waals surface area contributed by atoms with E-state index in [0.717, 1.165) is 0 Å². The second-order valence-corrected chi connectivity index (χ2v) is 7.77. The number of carbonyl (C=O) groups is 1. The number of furan rings is 1. The number of halogens is 1. The number of nitrogens with zero attached hydrogens (tertiary/aromatic N) is 1. The minimum atomic E-state index is -3.04. The van der Waals surface area contributed by atoms with Crippen molar-refractivity contribution in [2.45, 2.75) is 18.9 Å². The van der Waals surface area contributed by atoms with E-state index in [1.165, 1.54) is 4.90 Å². The summed E-state index contributed by atoms with van der Waals surface area (Å²) in [6.07, 6.45) is 0.458. The normalized spacial score (nSPS) is 26.2. The largest absolute Gasteiger partial charge is 0.444 e. The van der Waals surface area contributed by atoms with Gasteiger partial charge < -0.3 is 9.32 Å². The van der Waals surface area contributed by atoms with Gasteiger partial charge in [0, 0.05) is 7.05 Å². The van der Waals surface area contributed by atoms with Gasteiger partial charge in [-0.15, -0.1) is 0 Å². The van der Waals surface area contributed by atoms with Crippen molar-refractivity contribution in [1.82, 2.24) is 4.90 Å². The van der Waals surface area contributed by atoms with Gasteiger partial charge in [0.15, 0.2) is 20.3 Å². The molecule has 7 heteroatoms. The first-order chi connectivity index (χ1) is 8.23. The van der Waals surface area contributed by atoms with Crippen molar-refractivity contribution in [3.63, 3.8) is 0 Å². The van der Waals surface area contributed by atoms with Crippen molar-refractivity contribution in [3.8, 4) is 0 Å². The highest BCUT2D eigenvalue weighted by atomic mass is 79.9. The molecule has 0 aromatic carbocycles. The van der Waals surface area contributed by atoms with E-state index in [-0.39, 0.29) is 23.2 Å². The molecule has 0 bridgehead atoms. The number of rotatable bonds is 2. The molecular weight excluding hydrogens is 322 g/mol. The minimum Gasteiger partial charge on any atom is -0.444 e. The fraction of sp³-hybridized carbons (Fsp3) is 0.545.